The van der Waals surface area contributed by atoms with Gasteiger partial charge in [0.25, 0.3) is 0 Å². The number of hydrogen-bond acceptors (Lipinski definition) is 8. The molecule has 1 fully saturated rings. The van der Waals surface area contributed by atoms with Gasteiger partial charge in [-0.15, -0.1) is 0 Å². The minimum Gasteiger partial charge on any atom is -0.481 e. The summed E-state index contributed by atoms with van der Waals surface area (Å²) in [6.07, 6.45) is -0.305. The molecule has 0 spiro atoms. The molecule has 1 aliphatic rings. The number of hydrogen-bond donors (Lipinski definition) is 8. The van der Waals surface area contributed by atoms with Crippen molar-refractivity contribution in [3.8, 4) is 0 Å². The van der Waals surface area contributed by atoms with Gasteiger partial charge < -0.3 is 48.1 Å². The lowest BCUT2D eigenvalue weighted by molar-refractivity contribution is -0.144. The number of carboxylic acids is 1. The number of benzene rings is 1. The van der Waals surface area contributed by atoms with Crippen molar-refractivity contribution in [2.75, 3.05) is 26.7 Å². The fourth-order valence-corrected chi connectivity index (χ4v) is 4.83. The smallest absolute Gasteiger partial charge is 0.305 e. The fraction of sp³-hybridized carbons (Fsp3) is 0.533. The number of amides is 6. The van der Waals surface area contributed by atoms with Gasteiger partial charge in [0.15, 0.2) is 5.96 Å². The Morgan fingerprint density at radius 1 is 0.894 bits per heavy atom. The second-order valence-corrected chi connectivity index (χ2v) is 11.6. The molecule has 17 heteroatoms. The van der Waals surface area contributed by atoms with Crippen LogP contribution in [0.15, 0.2) is 35.3 Å². The number of rotatable bonds is 10. The van der Waals surface area contributed by atoms with Gasteiger partial charge in [0.1, 0.15) is 24.2 Å². The summed E-state index contributed by atoms with van der Waals surface area (Å²) in [4.78, 5) is 96.0. The molecule has 10 N–H and O–H groups in total. The summed E-state index contributed by atoms with van der Waals surface area (Å²) in [7, 11) is 1.39. The van der Waals surface area contributed by atoms with Gasteiger partial charge in [-0.3, -0.25) is 38.6 Å². The van der Waals surface area contributed by atoms with E-state index in [2.05, 4.69) is 31.6 Å². The molecule has 1 heterocycles. The van der Waals surface area contributed by atoms with Crippen molar-refractivity contribution >= 4 is 47.4 Å². The Morgan fingerprint density at radius 3 is 2.06 bits per heavy atom. The van der Waals surface area contributed by atoms with Crippen molar-refractivity contribution in [1.82, 2.24) is 31.5 Å². The van der Waals surface area contributed by atoms with Crippen LogP contribution in [0.1, 0.15) is 45.1 Å². The van der Waals surface area contributed by atoms with Crippen LogP contribution in [0.4, 0.5) is 0 Å². The minimum absolute atomic E-state index is 0.0114. The summed E-state index contributed by atoms with van der Waals surface area (Å²) in [6, 6.07) is 3.62. The molecule has 0 aliphatic carbocycles. The molecule has 4 atom stereocenters. The number of guanidine groups is 1. The predicted octanol–water partition coefficient (Wildman–Crippen LogP) is -2.67. The molecular formula is C30H45N9O8. The Labute approximate surface area is 272 Å². The standard InChI is InChI=1S/C30H45N9O8/c1-17(2)12-22-28(46)35-16-23(40)36-19(10-7-11-33-30(31)32)26(44)34-15-24(41)37-20(14-25(42)43)27(45)38-21(29(47)39(22)3)13-18-8-5-4-6-9-18/h4-6,8-9,17,19-22H,7,10-16H2,1-3H3,(H,34,44)(H,35,46)(H,36,40)(H,37,41)(H,38,45)(H,42,43)(H4,31,32,33)/t19-,20-,21+,22-/m0/s1. The average Bonchev–Trinajstić information content (AvgIpc) is 3.01. The molecule has 0 aromatic heterocycles. The average molecular weight is 660 g/mol. The third-order valence-electron chi connectivity index (χ3n) is 7.18. The zero-order chi connectivity index (χ0) is 35.1. The van der Waals surface area contributed by atoms with E-state index in [0.29, 0.717) is 5.56 Å². The van der Waals surface area contributed by atoms with Gasteiger partial charge in [-0.05, 0) is 30.7 Å². The number of carbonyl (C=O) groups excluding carboxylic acids is 6. The second kappa shape index (κ2) is 18.7. The van der Waals surface area contributed by atoms with E-state index >= 15 is 0 Å². The molecule has 2 rings (SSSR count). The Hall–Kier alpha value is -5.22. The molecule has 0 saturated carbocycles. The molecule has 1 saturated heterocycles. The lowest BCUT2D eigenvalue weighted by atomic mass is 9.99. The SMILES string of the molecule is CC(C)C[C@H]1C(=O)NCC(=O)N[C@@H](CCCN=C(N)N)C(=O)NCC(=O)N[C@@H](CC(=O)O)C(=O)N[C@H](Cc2ccccc2)C(=O)N1C. The summed E-state index contributed by atoms with van der Waals surface area (Å²) >= 11 is 0. The highest BCUT2D eigenvalue weighted by Gasteiger charge is 2.35. The number of nitrogens with two attached hydrogens (primary N) is 2. The number of carbonyl (C=O) groups is 7. The number of nitrogens with zero attached hydrogens (tertiary/aromatic N) is 2. The maximum Gasteiger partial charge on any atom is 0.305 e. The third kappa shape index (κ3) is 13.3. The van der Waals surface area contributed by atoms with Crippen LogP contribution in [0, 0.1) is 5.92 Å². The van der Waals surface area contributed by atoms with Crippen molar-refractivity contribution in [1.29, 1.82) is 0 Å². The second-order valence-electron chi connectivity index (χ2n) is 11.6. The van der Waals surface area contributed by atoms with Crippen molar-refractivity contribution < 1.29 is 38.7 Å². The predicted molar refractivity (Wildman–Crippen MR) is 170 cm³/mol. The zero-order valence-corrected chi connectivity index (χ0v) is 26.8. The molecule has 47 heavy (non-hydrogen) atoms. The molecule has 6 amide bonds. The van der Waals surface area contributed by atoms with Gasteiger partial charge in [0.05, 0.1) is 19.5 Å². The number of aliphatic carboxylic acids is 1. The Balaban J connectivity index is 2.47. The molecule has 0 radical (unpaired) electrons. The normalized spacial score (nSPS) is 22.2. The highest BCUT2D eigenvalue weighted by Crippen LogP contribution is 2.15. The van der Waals surface area contributed by atoms with Crippen molar-refractivity contribution in [3.05, 3.63) is 35.9 Å². The number of aliphatic imine (C=N–C) groups is 1. The lowest BCUT2D eigenvalue weighted by Gasteiger charge is -2.32. The fourth-order valence-electron chi connectivity index (χ4n) is 4.83. The van der Waals surface area contributed by atoms with Crippen molar-refractivity contribution in [2.45, 2.75) is 70.1 Å². The minimum atomic E-state index is -1.61. The third-order valence-corrected chi connectivity index (χ3v) is 7.18. The molecule has 0 bridgehead atoms. The maximum atomic E-state index is 13.9. The molecule has 17 nitrogen and oxygen atoms in total. The van der Waals surface area contributed by atoms with Crippen LogP contribution in [-0.4, -0.2) is 108 Å². The monoisotopic (exact) mass is 659 g/mol. The molecule has 1 aromatic rings. The van der Waals surface area contributed by atoms with Crippen LogP contribution in [0.5, 0.6) is 0 Å². The van der Waals surface area contributed by atoms with E-state index in [-0.39, 0.29) is 44.1 Å². The van der Waals surface area contributed by atoms with E-state index in [9.17, 15) is 38.7 Å². The van der Waals surface area contributed by atoms with E-state index in [0.717, 1.165) is 0 Å². The maximum absolute atomic E-state index is 13.9. The van der Waals surface area contributed by atoms with Crippen LogP contribution >= 0.6 is 0 Å². The van der Waals surface area contributed by atoms with Gasteiger partial charge >= 0.3 is 5.97 Å². The Kier molecular flexibility index (Phi) is 15.1. The van der Waals surface area contributed by atoms with E-state index in [1.165, 1.54) is 11.9 Å². The van der Waals surface area contributed by atoms with E-state index in [4.69, 9.17) is 11.5 Å². The van der Waals surface area contributed by atoms with Crippen LogP contribution in [-0.2, 0) is 40.0 Å². The number of nitrogens with one attached hydrogen (secondary N) is 5. The summed E-state index contributed by atoms with van der Waals surface area (Å²) in [5.41, 5.74) is 11.3. The number of likely N-dealkylation sites (N-methyl/N-ethyl adjacent to an activating group) is 1. The van der Waals surface area contributed by atoms with Gasteiger partial charge in [0, 0.05) is 20.0 Å². The van der Waals surface area contributed by atoms with Crippen molar-refractivity contribution in [2.24, 2.45) is 22.4 Å². The van der Waals surface area contributed by atoms with E-state index in [1.54, 1.807) is 30.3 Å². The lowest BCUT2D eigenvalue weighted by Crippen LogP contribution is -2.59. The molecule has 1 aliphatic heterocycles. The first kappa shape index (κ1) is 38.0. The Bertz CT molecular complexity index is 1320. The Morgan fingerprint density at radius 2 is 1.49 bits per heavy atom. The molecular weight excluding hydrogens is 614 g/mol. The number of carboxylic acid groups (broad SMARTS) is 1. The van der Waals surface area contributed by atoms with E-state index in [1.807, 2.05) is 13.8 Å². The molecule has 0 unspecified atom stereocenters. The summed E-state index contributed by atoms with van der Waals surface area (Å²) in [5, 5.41) is 21.7. The van der Waals surface area contributed by atoms with Gasteiger partial charge in [-0.1, -0.05) is 44.2 Å². The first-order valence-electron chi connectivity index (χ1n) is 15.2. The summed E-state index contributed by atoms with van der Waals surface area (Å²) in [6.45, 7) is 2.66. The molecule has 258 valence electrons. The quantitative estimate of drug-likeness (QED) is 0.0733. The zero-order valence-electron chi connectivity index (χ0n) is 26.8. The first-order chi connectivity index (χ1) is 22.2. The largest absolute Gasteiger partial charge is 0.481 e. The first-order valence-corrected chi connectivity index (χ1v) is 15.2. The van der Waals surface area contributed by atoms with Crippen LogP contribution in [0.25, 0.3) is 0 Å². The summed E-state index contributed by atoms with van der Waals surface area (Å²) < 4.78 is 0. The highest BCUT2D eigenvalue weighted by molar-refractivity contribution is 5.97. The topological polar surface area (TPSA) is 268 Å². The van der Waals surface area contributed by atoms with Gasteiger partial charge in [-0.25, -0.2) is 0 Å². The van der Waals surface area contributed by atoms with Gasteiger partial charge in [0.2, 0.25) is 35.4 Å². The highest BCUT2D eigenvalue weighted by atomic mass is 16.4. The van der Waals surface area contributed by atoms with Crippen molar-refractivity contribution in [3.63, 3.8) is 0 Å². The van der Waals surface area contributed by atoms with Crippen LogP contribution in [0.3, 0.4) is 0 Å². The summed E-state index contributed by atoms with van der Waals surface area (Å²) in [5.74, 6) is -6.23. The van der Waals surface area contributed by atoms with Crippen LogP contribution in [0.2, 0.25) is 0 Å². The van der Waals surface area contributed by atoms with Crippen LogP contribution < -0.4 is 38.1 Å². The van der Waals surface area contributed by atoms with E-state index < -0.39 is 85.1 Å². The van der Waals surface area contributed by atoms with Gasteiger partial charge in [-0.2, -0.15) is 0 Å². The molecule has 1 aromatic carbocycles.